The van der Waals surface area contributed by atoms with Crippen LogP contribution in [0.4, 0.5) is 0 Å². The van der Waals surface area contributed by atoms with Crippen molar-refractivity contribution >= 4 is 29.0 Å². The van der Waals surface area contributed by atoms with Crippen molar-refractivity contribution in [2.45, 2.75) is 19.0 Å². The number of carbonyl (C=O) groups excluding carboxylic acids is 1. The van der Waals surface area contributed by atoms with Gasteiger partial charge in [-0.25, -0.2) is 0 Å². The zero-order valence-corrected chi connectivity index (χ0v) is 10.2. The highest BCUT2D eigenvalue weighted by atomic mass is 32.2. The van der Waals surface area contributed by atoms with Gasteiger partial charge in [-0.3, -0.25) is 10.1 Å². The molecule has 15 heavy (non-hydrogen) atoms. The Morgan fingerprint density at radius 2 is 2.60 bits per heavy atom. The molecule has 0 saturated carbocycles. The molecular weight excluding hydrogens is 228 g/mol. The summed E-state index contributed by atoms with van der Waals surface area (Å²) >= 11 is 3.44. The monoisotopic (exact) mass is 242 g/mol. The lowest BCUT2D eigenvalue weighted by Crippen LogP contribution is -2.42. The summed E-state index contributed by atoms with van der Waals surface area (Å²) in [6, 6.07) is 4.15. The number of amides is 1. The summed E-state index contributed by atoms with van der Waals surface area (Å²) in [5, 5.41) is 8.21. The van der Waals surface area contributed by atoms with E-state index in [-0.39, 0.29) is 18.0 Å². The van der Waals surface area contributed by atoms with E-state index in [4.69, 9.17) is 0 Å². The molecule has 1 aromatic rings. The Morgan fingerprint density at radius 3 is 3.20 bits per heavy atom. The van der Waals surface area contributed by atoms with Crippen molar-refractivity contribution in [2.24, 2.45) is 0 Å². The normalized spacial score (nSPS) is 22.6. The average molecular weight is 242 g/mol. The first kappa shape index (κ1) is 11.0. The second-order valence-electron chi connectivity index (χ2n) is 3.52. The number of rotatable bonds is 3. The van der Waals surface area contributed by atoms with Gasteiger partial charge in [0.2, 0.25) is 5.91 Å². The van der Waals surface area contributed by atoms with Gasteiger partial charge in [0.05, 0.1) is 12.1 Å². The number of thioether (sulfide) groups is 1. The molecule has 1 fully saturated rings. The lowest BCUT2D eigenvalue weighted by molar-refractivity contribution is -0.123. The first-order valence-corrected chi connectivity index (χ1v) is 6.95. The van der Waals surface area contributed by atoms with Gasteiger partial charge in [-0.1, -0.05) is 6.07 Å². The van der Waals surface area contributed by atoms with Crippen LogP contribution in [0.1, 0.15) is 17.8 Å². The summed E-state index contributed by atoms with van der Waals surface area (Å²) in [5.41, 5.74) is 0. The molecule has 2 heterocycles. The highest BCUT2D eigenvalue weighted by Crippen LogP contribution is 2.18. The molecule has 5 heteroatoms. The van der Waals surface area contributed by atoms with Gasteiger partial charge in [0.25, 0.3) is 0 Å². The highest BCUT2D eigenvalue weighted by molar-refractivity contribution is 7.99. The van der Waals surface area contributed by atoms with Crippen LogP contribution >= 0.6 is 23.1 Å². The van der Waals surface area contributed by atoms with E-state index in [1.165, 1.54) is 4.88 Å². The number of nitrogens with one attached hydrogen (secondary N) is 2. The van der Waals surface area contributed by atoms with Crippen molar-refractivity contribution in [3.63, 3.8) is 0 Å². The van der Waals surface area contributed by atoms with E-state index in [1.54, 1.807) is 23.1 Å². The minimum absolute atomic E-state index is 0.0163. The Bertz CT molecular complexity index is 320. The molecule has 2 atom stereocenters. The van der Waals surface area contributed by atoms with E-state index in [1.807, 2.05) is 24.4 Å². The van der Waals surface area contributed by atoms with Crippen LogP contribution in [0.25, 0.3) is 0 Å². The van der Waals surface area contributed by atoms with Crippen LogP contribution in [-0.4, -0.2) is 23.6 Å². The Hall–Kier alpha value is -0.520. The predicted molar refractivity (Wildman–Crippen MR) is 65.1 cm³/mol. The number of thiophene rings is 1. The lowest BCUT2D eigenvalue weighted by Gasteiger charge is -2.15. The number of hydrogen-bond donors (Lipinski definition) is 2. The molecule has 2 N–H and O–H groups in total. The zero-order chi connectivity index (χ0) is 10.7. The Kier molecular flexibility index (Phi) is 3.66. The second kappa shape index (κ2) is 5.01. The summed E-state index contributed by atoms with van der Waals surface area (Å²) < 4.78 is 0. The molecule has 1 aliphatic rings. The molecule has 1 amide bonds. The van der Waals surface area contributed by atoms with Crippen molar-refractivity contribution in [3.8, 4) is 0 Å². The maximum absolute atomic E-state index is 11.8. The van der Waals surface area contributed by atoms with Crippen molar-refractivity contribution < 1.29 is 4.79 Å². The quantitative estimate of drug-likeness (QED) is 0.845. The van der Waals surface area contributed by atoms with E-state index in [9.17, 15) is 4.79 Å². The molecule has 1 saturated heterocycles. The maximum atomic E-state index is 11.8. The van der Waals surface area contributed by atoms with Crippen LogP contribution in [0.3, 0.4) is 0 Å². The molecule has 1 aliphatic heterocycles. The van der Waals surface area contributed by atoms with Gasteiger partial charge in [0, 0.05) is 16.5 Å². The van der Waals surface area contributed by atoms with Crippen molar-refractivity contribution in [3.05, 3.63) is 22.4 Å². The van der Waals surface area contributed by atoms with Gasteiger partial charge in [0.1, 0.15) is 0 Å². The van der Waals surface area contributed by atoms with E-state index in [2.05, 4.69) is 10.6 Å². The molecule has 0 radical (unpaired) electrons. The molecule has 0 bridgehead atoms. The summed E-state index contributed by atoms with van der Waals surface area (Å²) in [7, 11) is 0. The fraction of sp³-hybridized carbons (Fsp3) is 0.500. The fourth-order valence-corrected chi connectivity index (χ4v) is 3.16. The minimum atomic E-state index is -0.0163. The van der Waals surface area contributed by atoms with E-state index in [0.717, 1.165) is 11.6 Å². The third kappa shape index (κ3) is 2.74. The summed E-state index contributed by atoms with van der Waals surface area (Å²) in [5.74, 6) is 1.87. The van der Waals surface area contributed by atoms with Crippen molar-refractivity contribution in [2.75, 3.05) is 11.6 Å². The smallest absolute Gasteiger partial charge is 0.238 e. The lowest BCUT2D eigenvalue weighted by atomic mass is 10.2. The zero-order valence-electron chi connectivity index (χ0n) is 8.53. The average Bonchev–Trinajstić information content (AvgIpc) is 2.91. The van der Waals surface area contributed by atoms with Gasteiger partial charge in [-0.15, -0.1) is 23.1 Å². The standard InChI is InChI=1S/C10H14N2OS2/c1-7(9-3-2-4-15-9)12-10(13)8-5-14-6-11-8/h2-4,7-8,11H,5-6H2,1H3,(H,12,13)/t7-,8?/m1/s1. The van der Waals surface area contributed by atoms with Gasteiger partial charge in [-0.2, -0.15) is 0 Å². The Balaban J connectivity index is 1.88. The molecular formula is C10H14N2OS2. The van der Waals surface area contributed by atoms with Gasteiger partial charge in [-0.05, 0) is 18.4 Å². The first-order chi connectivity index (χ1) is 7.27. The molecule has 0 aliphatic carbocycles. The summed E-state index contributed by atoms with van der Waals surface area (Å²) in [6.07, 6.45) is 0. The van der Waals surface area contributed by atoms with Crippen molar-refractivity contribution in [1.82, 2.24) is 10.6 Å². The number of carbonyl (C=O) groups is 1. The molecule has 82 valence electrons. The SMILES string of the molecule is C[C@@H](NC(=O)C1CSCN1)c1cccs1. The molecule has 3 nitrogen and oxygen atoms in total. The van der Waals surface area contributed by atoms with Crippen molar-refractivity contribution in [1.29, 1.82) is 0 Å². The molecule has 1 unspecified atom stereocenters. The van der Waals surface area contributed by atoms with E-state index < -0.39 is 0 Å². The van der Waals surface area contributed by atoms with Gasteiger partial charge in [0.15, 0.2) is 0 Å². The molecule has 0 spiro atoms. The third-order valence-corrected chi connectivity index (χ3v) is 4.36. The maximum Gasteiger partial charge on any atom is 0.238 e. The Morgan fingerprint density at radius 1 is 1.73 bits per heavy atom. The van der Waals surface area contributed by atoms with Gasteiger partial charge >= 0.3 is 0 Å². The van der Waals surface area contributed by atoms with Crippen LogP contribution in [0.15, 0.2) is 17.5 Å². The number of hydrogen-bond acceptors (Lipinski definition) is 4. The predicted octanol–water partition coefficient (Wildman–Crippen LogP) is 1.59. The first-order valence-electron chi connectivity index (χ1n) is 4.92. The second-order valence-corrected chi connectivity index (χ2v) is 5.53. The fourth-order valence-electron chi connectivity index (χ4n) is 1.49. The molecule has 0 aromatic carbocycles. The third-order valence-electron chi connectivity index (χ3n) is 2.36. The van der Waals surface area contributed by atoms with Crippen LogP contribution < -0.4 is 10.6 Å². The Labute approximate surface area is 97.6 Å². The summed E-state index contributed by atoms with van der Waals surface area (Å²) in [4.78, 5) is 13.0. The van der Waals surface area contributed by atoms with E-state index >= 15 is 0 Å². The van der Waals surface area contributed by atoms with Gasteiger partial charge < -0.3 is 5.32 Å². The van der Waals surface area contributed by atoms with Crippen LogP contribution in [0, 0.1) is 0 Å². The minimum Gasteiger partial charge on any atom is -0.347 e. The van der Waals surface area contributed by atoms with E-state index in [0.29, 0.717) is 0 Å². The largest absolute Gasteiger partial charge is 0.347 e. The van der Waals surface area contributed by atoms with Crippen LogP contribution in [0.2, 0.25) is 0 Å². The highest BCUT2D eigenvalue weighted by Gasteiger charge is 2.23. The summed E-state index contributed by atoms with van der Waals surface area (Å²) in [6.45, 7) is 2.02. The van der Waals surface area contributed by atoms with Crippen LogP contribution in [-0.2, 0) is 4.79 Å². The topological polar surface area (TPSA) is 41.1 Å². The molecule has 2 rings (SSSR count). The molecule has 1 aromatic heterocycles. The van der Waals surface area contributed by atoms with Crippen LogP contribution in [0.5, 0.6) is 0 Å².